The van der Waals surface area contributed by atoms with Gasteiger partial charge in [0.15, 0.2) is 0 Å². The molecule has 0 aliphatic carbocycles. The first-order valence-electron chi connectivity index (χ1n) is 5.08. The van der Waals surface area contributed by atoms with Crippen molar-refractivity contribution in [2.24, 2.45) is 0 Å². The fourth-order valence-electron chi connectivity index (χ4n) is 1.48. The molecule has 1 rings (SSSR count). The fourth-order valence-corrected chi connectivity index (χ4v) is 2.54. The van der Waals surface area contributed by atoms with Crippen LogP contribution in [-0.4, -0.2) is 32.6 Å². The molecule has 0 aromatic heterocycles. The number of benzene rings is 1. The van der Waals surface area contributed by atoms with Crippen LogP contribution in [0.2, 0.25) is 0 Å². The standard InChI is InChI=1S/C11H17O5P/c1-14-11-7-5-4-6-9(11)10(12)8-17(13,15-2)16-3/h4-7,10,12H,8H2,1-3H3/t10-/m0/s1. The number of methoxy groups -OCH3 is 1. The molecule has 6 heteroatoms. The van der Waals surface area contributed by atoms with E-state index in [9.17, 15) is 9.67 Å². The number of aliphatic hydroxyl groups excluding tert-OH is 1. The van der Waals surface area contributed by atoms with Crippen molar-refractivity contribution in [1.82, 2.24) is 0 Å². The zero-order valence-electron chi connectivity index (χ0n) is 10.1. The van der Waals surface area contributed by atoms with Crippen LogP contribution in [0.5, 0.6) is 5.75 Å². The third-order valence-corrected chi connectivity index (χ3v) is 4.36. The fraction of sp³-hybridized carbons (Fsp3) is 0.455. The number of para-hydroxylation sites is 1. The summed E-state index contributed by atoms with van der Waals surface area (Å²) in [5.74, 6) is 0.541. The topological polar surface area (TPSA) is 65.0 Å². The summed E-state index contributed by atoms with van der Waals surface area (Å²) in [7, 11) is 0.855. The highest BCUT2D eigenvalue weighted by atomic mass is 31.2. The SMILES string of the molecule is COc1ccccc1[C@@H](O)CP(=O)(OC)OC. The molecule has 0 saturated heterocycles. The van der Waals surface area contributed by atoms with Gasteiger partial charge in [-0.25, -0.2) is 0 Å². The maximum atomic E-state index is 11.9. The summed E-state index contributed by atoms with van der Waals surface area (Å²) in [4.78, 5) is 0. The van der Waals surface area contributed by atoms with E-state index < -0.39 is 13.7 Å². The number of rotatable bonds is 6. The molecule has 0 bridgehead atoms. The smallest absolute Gasteiger partial charge is 0.333 e. The lowest BCUT2D eigenvalue weighted by Gasteiger charge is -2.19. The quantitative estimate of drug-likeness (QED) is 0.794. The van der Waals surface area contributed by atoms with Gasteiger partial charge in [0.1, 0.15) is 5.75 Å². The molecule has 0 aliphatic rings. The second kappa shape index (κ2) is 6.17. The van der Waals surface area contributed by atoms with E-state index in [4.69, 9.17) is 13.8 Å². The molecule has 0 saturated carbocycles. The van der Waals surface area contributed by atoms with E-state index in [-0.39, 0.29) is 6.16 Å². The highest BCUT2D eigenvalue weighted by Crippen LogP contribution is 2.49. The van der Waals surface area contributed by atoms with Crippen LogP contribution >= 0.6 is 7.60 Å². The molecule has 17 heavy (non-hydrogen) atoms. The molecule has 0 aliphatic heterocycles. The van der Waals surface area contributed by atoms with Crippen molar-refractivity contribution >= 4 is 7.60 Å². The van der Waals surface area contributed by atoms with Crippen LogP contribution in [0.25, 0.3) is 0 Å². The van der Waals surface area contributed by atoms with Crippen molar-refractivity contribution < 1.29 is 23.5 Å². The lowest BCUT2D eigenvalue weighted by atomic mass is 10.1. The Morgan fingerprint density at radius 2 is 1.82 bits per heavy atom. The molecular weight excluding hydrogens is 243 g/mol. The van der Waals surface area contributed by atoms with Crippen LogP contribution in [0, 0.1) is 0 Å². The van der Waals surface area contributed by atoms with Crippen molar-refractivity contribution in [3.8, 4) is 5.75 Å². The number of hydrogen-bond acceptors (Lipinski definition) is 5. The van der Waals surface area contributed by atoms with E-state index in [0.717, 1.165) is 0 Å². The molecule has 96 valence electrons. The van der Waals surface area contributed by atoms with Gasteiger partial charge in [-0.3, -0.25) is 4.57 Å². The van der Waals surface area contributed by atoms with Crippen LogP contribution in [0.15, 0.2) is 24.3 Å². The van der Waals surface area contributed by atoms with Crippen LogP contribution in [-0.2, 0) is 13.6 Å². The molecule has 1 atom stereocenters. The van der Waals surface area contributed by atoms with Gasteiger partial charge in [-0.15, -0.1) is 0 Å². The van der Waals surface area contributed by atoms with Crippen molar-refractivity contribution in [3.63, 3.8) is 0 Å². The van der Waals surface area contributed by atoms with Gasteiger partial charge in [-0.1, -0.05) is 18.2 Å². The largest absolute Gasteiger partial charge is 0.496 e. The van der Waals surface area contributed by atoms with Crippen molar-refractivity contribution in [3.05, 3.63) is 29.8 Å². The molecule has 1 aromatic rings. The van der Waals surface area contributed by atoms with Crippen LogP contribution in [0.1, 0.15) is 11.7 Å². The Bertz CT molecular complexity index is 399. The molecule has 0 heterocycles. The maximum absolute atomic E-state index is 11.9. The lowest BCUT2D eigenvalue weighted by molar-refractivity contribution is 0.180. The maximum Gasteiger partial charge on any atom is 0.333 e. The zero-order chi connectivity index (χ0) is 12.9. The first kappa shape index (κ1) is 14.2. The average molecular weight is 260 g/mol. The second-order valence-corrected chi connectivity index (χ2v) is 5.73. The Kier molecular flexibility index (Phi) is 5.15. The Balaban J connectivity index is 2.89. The summed E-state index contributed by atoms with van der Waals surface area (Å²) in [5, 5.41) is 10.0. The third kappa shape index (κ3) is 3.54. The van der Waals surface area contributed by atoms with Crippen molar-refractivity contribution in [2.45, 2.75) is 6.10 Å². The first-order chi connectivity index (χ1) is 8.06. The number of aliphatic hydroxyl groups is 1. The predicted octanol–water partition coefficient (Wildman–Crippen LogP) is 2.21. The minimum Gasteiger partial charge on any atom is -0.496 e. The minimum atomic E-state index is -3.24. The van der Waals surface area contributed by atoms with Gasteiger partial charge in [0.2, 0.25) is 0 Å². The van der Waals surface area contributed by atoms with Gasteiger partial charge in [0.05, 0.1) is 19.4 Å². The lowest BCUT2D eigenvalue weighted by Crippen LogP contribution is -2.08. The molecule has 1 aromatic carbocycles. The molecular formula is C11H17O5P. The Labute approximate surface area is 101 Å². The number of hydrogen-bond donors (Lipinski definition) is 1. The minimum absolute atomic E-state index is 0.111. The van der Waals surface area contributed by atoms with Crippen LogP contribution in [0.3, 0.4) is 0 Å². The Hall–Kier alpha value is -0.870. The predicted molar refractivity (Wildman–Crippen MR) is 64.4 cm³/mol. The summed E-state index contributed by atoms with van der Waals surface area (Å²) in [6.45, 7) is 0. The molecule has 0 amide bonds. The first-order valence-corrected chi connectivity index (χ1v) is 6.80. The van der Waals surface area contributed by atoms with Gasteiger partial charge >= 0.3 is 7.60 Å². The molecule has 0 unspecified atom stereocenters. The Morgan fingerprint density at radius 3 is 2.35 bits per heavy atom. The van der Waals surface area contributed by atoms with Gasteiger partial charge < -0.3 is 18.9 Å². The van der Waals surface area contributed by atoms with Crippen molar-refractivity contribution in [1.29, 1.82) is 0 Å². The van der Waals surface area contributed by atoms with Crippen LogP contribution < -0.4 is 4.74 Å². The molecule has 5 nitrogen and oxygen atoms in total. The molecule has 0 radical (unpaired) electrons. The molecule has 0 spiro atoms. The van der Waals surface area contributed by atoms with E-state index in [1.165, 1.54) is 21.3 Å². The van der Waals surface area contributed by atoms with E-state index in [1.54, 1.807) is 24.3 Å². The van der Waals surface area contributed by atoms with Gasteiger partial charge in [-0.2, -0.15) is 0 Å². The monoisotopic (exact) mass is 260 g/mol. The van der Waals surface area contributed by atoms with E-state index in [2.05, 4.69) is 0 Å². The highest BCUT2D eigenvalue weighted by molar-refractivity contribution is 7.53. The van der Waals surface area contributed by atoms with E-state index in [1.807, 2.05) is 0 Å². The summed E-state index contributed by atoms with van der Waals surface area (Å²) < 4.78 is 26.6. The van der Waals surface area contributed by atoms with E-state index in [0.29, 0.717) is 11.3 Å². The zero-order valence-corrected chi connectivity index (χ0v) is 11.0. The van der Waals surface area contributed by atoms with Gasteiger partial charge in [0, 0.05) is 19.8 Å². The second-order valence-electron chi connectivity index (χ2n) is 3.42. The molecule has 0 fully saturated rings. The third-order valence-electron chi connectivity index (χ3n) is 2.45. The normalized spacial score (nSPS) is 13.4. The summed E-state index contributed by atoms with van der Waals surface area (Å²) >= 11 is 0. The highest BCUT2D eigenvalue weighted by Gasteiger charge is 2.27. The van der Waals surface area contributed by atoms with Gasteiger partial charge in [-0.05, 0) is 6.07 Å². The van der Waals surface area contributed by atoms with Gasteiger partial charge in [0.25, 0.3) is 0 Å². The summed E-state index contributed by atoms with van der Waals surface area (Å²) in [5.41, 5.74) is 0.560. The summed E-state index contributed by atoms with van der Waals surface area (Å²) in [6.07, 6.45) is -1.07. The van der Waals surface area contributed by atoms with E-state index >= 15 is 0 Å². The Morgan fingerprint density at radius 1 is 1.24 bits per heavy atom. The van der Waals surface area contributed by atoms with Crippen molar-refractivity contribution in [2.75, 3.05) is 27.5 Å². The summed E-state index contributed by atoms with van der Waals surface area (Å²) in [6, 6.07) is 7.00. The van der Waals surface area contributed by atoms with Crippen LogP contribution in [0.4, 0.5) is 0 Å². The average Bonchev–Trinajstić information content (AvgIpc) is 2.38. The molecule has 1 N–H and O–H groups in total. The number of ether oxygens (including phenoxy) is 1.